The van der Waals surface area contributed by atoms with Crippen LogP contribution >= 0.6 is 20.8 Å². The zero-order valence-corrected chi connectivity index (χ0v) is 30.3. The summed E-state index contributed by atoms with van der Waals surface area (Å²) < 4.78 is 79.8. The Bertz CT molecular complexity index is 1530. The zero-order chi connectivity index (χ0) is 35.6. The summed E-state index contributed by atoms with van der Waals surface area (Å²) in [5, 5.41) is 2.65. The number of benzene rings is 3. The first-order chi connectivity index (χ1) is 21.6. The van der Waals surface area contributed by atoms with Gasteiger partial charge in [0.05, 0.1) is 0 Å². The fraction of sp³-hybridized carbons (Fsp3) is 0.429. The minimum absolute atomic E-state index is 0.0197. The first kappa shape index (κ1) is 38.4. The fourth-order valence-electron chi connectivity index (χ4n) is 5.47. The third-order valence-electron chi connectivity index (χ3n) is 7.98. The van der Waals surface area contributed by atoms with E-state index in [2.05, 4.69) is 26.1 Å². The topological polar surface area (TPSA) is 67.4 Å². The van der Waals surface area contributed by atoms with E-state index in [4.69, 9.17) is 4.74 Å². The van der Waals surface area contributed by atoms with E-state index in [9.17, 15) is 22.8 Å². The van der Waals surface area contributed by atoms with Crippen LogP contribution in [0.4, 0.5) is 26.7 Å². The van der Waals surface area contributed by atoms with Crippen LogP contribution in [0.5, 0.6) is 0 Å². The second-order valence-corrected chi connectivity index (χ2v) is 23.8. The molecule has 0 aliphatic rings. The Hall–Kier alpha value is -3.04. The van der Waals surface area contributed by atoms with E-state index < -0.39 is 81.2 Å². The van der Waals surface area contributed by atoms with E-state index >= 15 is 8.78 Å². The van der Waals surface area contributed by atoms with Crippen LogP contribution in [-0.2, 0) is 15.7 Å². The van der Waals surface area contributed by atoms with Crippen LogP contribution in [0.1, 0.15) is 61.0 Å². The number of rotatable bonds is 10. The standard InChI is InChI=1S/C35H43BrF5N2O3P/c1-21(2)25(42-32(44)31(34(3,4)5)43-33(45)46-35(6,7)8)20-47(36,22-15-11-9-12-16-22,23-17-13-10-14-18-23)19-24-26(37)28(39)30(41)29(40)27(24)38/h9-18,21,25,31H,19-20H2,1-8H3,(H,42,44)(H,43,45)/t25-,31?/m1/s1. The second kappa shape index (κ2) is 14.2. The predicted molar refractivity (Wildman–Crippen MR) is 182 cm³/mol. The molecular weight excluding hydrogens is 702 g/mol. The molecule has 258 valence electrons. The Morgan fingerprint density at radius 1 is 0.745 bits per heavy atom. The summed E-state index contributed by atoms with van der Waals surface area (Å²) in [4.78, 5) is 26.8. The third kappa shape index (κ3) is 8.52. The Labute approximate surface area is 281 Å². The van der Waals surface area contributed by atoms with Crippen LogP contribution in [0.15, 0.2) is 60.7 Å². The monoisotopic (exact) mass is 744 g/mol. The number of hydrogen-bond acceptors (Lipinski definition) is 3. The number of ether oxygens (including phenoxy) is 1. The van der Waals surface area contributed by atoms with Gasteiger partial charge in [-0.1, -0.05) is 0 Å². The molecule has 0 aliphatic carbocycles. The van der Waals surface area contributed by atoms with E-state index in [-0.39, 0.29) is 12.1 Å². The SMILES string of the molecule is CC(C)[C@@H](CP(Br)(Cc1c(F)c(F)c(F)c(F)c1F)(c1ccccc1)c1ccccc1)NC(=O)C(NC(=O)OC(C)(C)C)C(C)(C)C. The van der Waals surface area contributed by atoms with Crippen molar-refractivity contribution in [3.05, 3.63) is 95.3 Å². The maximum atomic E-state index is 15.5. The molecule has 0 saturated carbocycles. The van der Waals surface area contributed by atoms with Crippen molar-refractivity contribution in [3.63, 3.8) is 0 Å². The van der Waals surface area contributed by atoms with Crippen LogP contribution in [0.3, 0.4) is 0 Å². The second-order valence-electron chi connectivity index (χ2n) is 14.2. The number of alkyl carbamates (subject to hydrolysis) is 1. The molecule has 3 aromatic rings. The molecule has 47 heavy (non-hydrogen) atoms. The first-order valence-corrected chi connectivity index (χ1v) is 19.9. The van der Waals surface area contributed by atoms with Crippen LogP contribution < -0.4 is 21.2 Å². The summed E-state index contributed by atoms with van der Waals surface area (Å²) in [5.74, 6) is -11.0. The van der Waals surface area contributed by atoms with Gasteiger partial charge in [-0.3, -0.25) is 0 Å². The molecule has 0 spiro atoms. The Kier molecular flexibility index (Phi) is 11.6. The van der Waals surface area contributed by atoms with Crippen LogP contribution in [-0.4, -0.2) is 35.8 Å². The van der Waals surface area contributed by atoms with E-state index in [0.717, 1.165) is 0 Å². The van der Waals surface area contributed by atoms with Crippen molar-refractivity contribution in [2.45, 2.75) is 79.2 Å². The normalized spacial score (nSPS) is 14.6. The number of halogens is 6. The molecule has 0 radical (unpaired) electrons. The van der Waals surface area contributed by atoms with Gasteiger partial charge in [-0.2, -0.15) is 0 Å². The fourth-order valence-corrected chi connectivity index (χ4v) is 13.8. The van der Waals surface area contributed by atoms with Crippen LogP contribution in [0.25, 0.3) is 0 Å². The third-order valence-corrected chi connectivity index (χ3v) is 17.2. The van der Waals surface area contributed by atoms with Gasteiger partial charge >= 0.3 is 282 Å². The van der Waals surface area contributed by atoms with Gasteiger partial charge in [-0.05, 0) is 0 Å². The van der Waals surface area contributed by atoms with Gasteiger partial charge in [-0.15, -0.1) is 0 Å². The number of amides is 2. The molecular formula is C35H43BrF5N2O3P. The molecule has 0 saturated heterocycles. The van der Waals surface area contributed by atoms with E-state index in [1.807, 2.05) is 13.8 Å². The van der Waals surface area contributed by atoms with E-state index in [1.54, 1.807) is 102 Å². The number of nitrogens with one attached hydrogen (secondary N) is 2. The minimum atomic E-state index is -4.23. The molecule has 2 atom stereocenters. The average Bonchev–Trinajstić information content (AvgIpc) is 2.99. The Morgan fingerprint density at radius 2 is 1.17 bits per heavy atom. The van der Waals surface area contributed by atoms with Gasteiger partial charge < -0.3 is 0 Å². The van der Waals surface area contributed by atoms with Crippen LogP contribution in [0.2, 0.25) is 0 Å². The predicted octanol–water partition coefficient (Wildman–Crippen LogP) is 8.48. The van der Waals surface area contributed by atoms with Crippen molar-refractivity contribution in [1.82, 2.24) is 10.6 Å². The van der Waals surface area contributed by atoms with Gasteiger partial charge in [0.1, 0.15) is 0 Å². The van der Waals surface area contributed by atoms with Crippen molar-refractivity contribution >= 4 is 43.4 Å². The van der Waals surface area contributed by atoms with Gasteiger partial charge in [0.25, 0.3) is 0 Å². The van der Waals surface area contributed by atoms with Gasteiger partial charge in [0.15, 0.2) is 0 Å². The summed E-state index contributed by atoms with van der Waals surface area (Å²) in [6.07, 6.45) is -1.36. The van der Waals surface area contributed by atoms with Gasteiger partial charge in [0.2, 0.25) is 0 Å². The number of carbonyl (C=O) groups is 2. The average molecular weight is 746 g/mol. The molecule has 3 aromatic carbocycles. The Balaban J connectivity index is 2.25. The van der Waals surface area contributed by atoms with Gasteiger partial charge in [-0.25, -0.2) is 0 Å². The van der Waals surface area contributed by atoms with E-state index in [0.29, 0.717) is 10.6 Å². The molecule has 5 nitrogen and oxygen atoms in total. The Morgan fingerprint density at radius 3 is 1.55 bits per heavy atom. The van der Waals surface area contributed by atoms with Crippen molar-refractivity contribution in [1.29, 1.82) is 0 Å². The summed E-state index contributed by atoms with van der Waals surface area (Å²) >= 11 is 4.01. The summed E-state index contributed by atoms with van der Waals surface area (Å²) in [7, 11) is 0. The first-order valence-electron chi connectivity index (χ1n) is 15.2. The quantitative estimate of drug-likeness (QED) is 0.0948. The van der Waals surface area contributed by atoms with Crippen molar-refractivity contribution in [3.8, 4) is 0 Å². The summed E-state index contributed by atoms with van der Waals surface area (Å²) in [5.41, 5.74) is -2.54. The molecule has 0 fully saturated rings. The van der Waals surface area contributed by atoms with Crippen molar-refractivity contribution in [2.75, 3.05) is 6.16 Å². The van der Waals surface area contributed by atoms with Crippen molar-refractivity contribution in [2.24, 2.45) is 11.3 Å². The summed E-state index contributed by atoms with van der Waals surface area (Å²) in [6, 6.07) is 15.6. The molecule has 0 heterocycles. The molecule has 0 bridgehead atoms. The molecule has 2 amide bonds. The van der Waals surface area contributed by atoms with E-state index in [1.165, 1.54) is 0 Å². The number of carbonyl (C=O) groups excluding carboxylic acids is 2. The van der Waals surface area contributed by atoms with Gasteiger partial charge in [0, 0.05) is 0 Å². The maximum absolute atomic E-state index is 15.5. The molecule has 3 rings (SSSR count). The van der Waals surface area contributed by atoms with Crippen LogP contribution in [0, 0.1) is 40.4 Å². The molecule has 1 unspecified atom stereocenters. The zero-order valence-electron chi connectivity index (χ0n) is 27.9. The molecule has 12 heteroatoms. The molecule has 0 aliphatic heterocycles. The van der Waals surface area contributed by atoms with Crippen molar-refractivity contribution < 1.29 is 36.3 Å². The summed E-state index contributed by atoms with van der Waals surface area (Å²) in [6.45, 7) is 14.1. The molecule has 2 N–H and O–H groups in total. The number of hydrogen-bond donors (Lipinski definition) is 2. The molecule has 0 aromatic heterocycles.